The van der Waals surface area contributed by atoms with Crippen LogP contribution in [0.15, 0.2) is 35.0 Å². The topological polar surface area (TPSA) is 12.0 Å². The van der Waals surface area contributed by atoms with Gasteiger partial charge in [-0.05, 0) is 47.7 Å². The molecule has 19 heavy (non-hydrogen) atoms. The van der Waals surface area contributed by atoms with Crippen molar-refractivity contribution in [2.24, 2.45) is 11.8 Å². The maximum atomic E-state index is 3.82. The zero-order valence-corrected chi connectivity index (χ0v) is 13.0. The lowest BCUT2D eigenvalue weighted by Crippen LogP contribution is -2.28. The maximum Gasteiger partial charge on any atom is 0.0764 e. The number of rotatable bonds is 5. The van der Waals surface area contributed by atoms with Crippen LogP contribution in [0, 0.1) is 11.8 Å². The van der Waals surface area contributed by atoms with Gasteiger partial charge in [-0.2, -0.15) is 0 Å². The standard InChI is InChI=1S/C16H21NS2/c1-12-5-2-6-13(12)11-17-16(14-7-3-9-18-14)15-8-4-10-19-15/h3-4,7-10,12-13,16-17H,2,5-6,11H2,1H3. The maximum absolute atomic E-state index is 3.82. The van der Waals surface area contributed by atoms with E-state index in [1.807, 2.05) is 22.7 Å². The van der Waals surface area contributed by atoms with Crippen molar-refractivity contribution < 1.29 is 0 Å². The Balaban J connectivity index is 1.70. The lowest BCUT2D eigenvalue weighted by atomic mass is 9.98. The molecule has 1 saturated carbocycles. The van der Waals surface area contributed by atoms with Crippen LogP contribution in [0.5, 0.6) is 0 Å². The molecule has 3 heteroatoms. The van der Waals surface area contributed by atoms with E-state index in [0.717, 1.165) is 18.4 Å². The van der Waals surface area contributed by atoms with Gasteiger partial charge in [0, 0.05) is 9.75 Å². The van der Waals surface area contributed by atoms with Gasteiger partial charge in [0.15, 0.2) is 0 Å². The van der Waals surface area contributed by atoms with E-state index in [9.17, 15) is 0 Å². The van der Waals surface area contributed by atoms with Crippen LogP contribution in [0.3, 0.4) is 0 Å². The lowest BCUT2D eigenvalue weighted by molar-refractivity contribution is 0.382. The third kappa shape index (κ3) is 3.10. The van der Waals surface area contributed by atoms with Gasteiger partial charge in [-0.3, -0.25) is 0 Å². The van der Waals surface area contributed by atoms with Crippen LogP contribution in [0.2, 0.25) is 0 Å². The first-order chi connectivity index (χ1) is 9.34. The fourth-order valence-electron chi connectivity index (χ4n) is 3.05. The molecule has 1 nitrogen and oxygen atoms in total. The highest BCUT2D eigenvalue weighted by molar-refractivity contribution is 7.11. The summed E-state index contributed by atoms with van der Waals surface area (Å²) < 4.78 is 0. The normalized spacial score (nSPS) is 23.3. The van der Waals surface area contributed by atoms with Crippen molar-refractivity contribution in [3.8, 4) is 0 Å². The molecule has 0 spiro atoms. The SMILES string of the molecule is CC1CCCC1CNC(c1cccs1)c1cccs1. The third-order valence-corrected chi connectivity index (χ3v) is 6.15. The highest BCUT2D eigenvalue weighted by Gasteiger charge is 2.25. The van der Waals surface area contributed by atoms with Gasteiger partial charge >= 0.3 is 0 Å². The molecule has 2 heterocycles. The molecule has 0 aromatic carbocycles. The van der Waals surface area contributed by atoms with Crippen molar-refractivity contribution in [3.63, 3.8) is 0 Å². The van der Waals surface area contributed by atoms with Gasteiger partial charge in [-0.15, -0.1) is 22.7 Å². The largest absolute Gasteiger partial charge is 0.305 e. The summed E-state index contributed by atoms with van der Waals surface area (Å²) in [5.41, 5.74) is 0. The van der Waals surface area contributed by atoms with Crippen LogP contribution in [-0.4, -0.2) is 6.54 Å². The van der Waals surface area contributed by atoms with E-state index < -0.39 is 0 Å². The molecule has 0 amide bonds. The summed E-state index contributed by atoms with van der Waals surface area (Å²) in [6.45, 7) is 3.56. The number of thiophene rings is 2. The zero-order chi connectivity index (χ0) is 13.1. The first kappa shape index (κ1) is 13.3. The number of hydrogen-bond acceptors (Lipinski definition) is 3. The Morgan fingerprint density at radius 3 is 2.32 bits per heavy atom. The average molecular weight is 291 g/mol. The Kier molecular flexibility index (Phi) is 4.36. The summed E-state index contributed by atoms with van der Waals surface area (Å²) >= 11 is 3.71. The molecule has 2 aromatic heterocycles. The fraction of sp³-hybridized carbons (Fsp3) is 0.500. The first-order valence-corrected chi connectivity index (χ1v) is 8.90. The molecule has 2 atom stereocenters. The predicted molar refractivity (Wildman–Crippen MR) is 85.0 cm³/mol. The number of hydrogen-bond donors (Lipinski definition) is 1. The van der Waals surface area contributed by atoms with Crippen molar-refractivity contribution >= 4 is 22.7 Å². The van der Waals surface area contributed by atoms with Gasteiger partial charge in [-0.1, -0.05) is 31.9 Å². The van der Waals surface area contributed by atoms with E-state index in [-0.39, 0.29) is 0 Å². The smallest absolute Gasteiger partial charge is 0.0764 e. The molecule has 2 unspecified atom stereocenters. The van der Waals surface area contributed by atoms with E-state index in [1.165, 1.54) is 29.0 Å². The molecule has 1 fully saturated rings. The lowest BCUT2D eigenvalue weighted by Gasteiger charge is -2.21. The Bertz CT molecular complexity index is 441. The molecule has 1 aliphatic carbocycles. The quantitative estimate of drug-likeness (QED) is 0.824. The molecule has 0 radical (unpaired) electrons. The van der Waals surface area contributed by atoms with Gasteiger partial charge in [0.2, 0.25) is 0 Å². The van der Waals surface area contributed by atoms with Gasteiger partial charge in [0.1, 0.15) is 0 Å². The second-order valence-electron chi connectivity index (χ2n) is 5.54. The zero-order valence-electron chi connectivity index (χ0n) is 11.3. The highest BCUT2D eigenvalue weighted by atomic mass is 32.1. The van der Waals surface area contributed by atoms with Crippen molar-refractivity contribution in [3.05, 3.63) is 44.8 Å². The van der Waals surface area contributed by atoms with Crippen LogP contribution < -0.4 is 5.32 Å². The molecule has 0 bridgehead atoms. The third-order valence-electron chi connectivity index (χ3n) is 4.28. The van der Waals surface area contributed by atoms with Crippen molar-refractivity contribution in [2.75, 3.05) is 6.54 Å². The summed E-state index contributed by atoms with van der Waals surface area (Å²) in [6, 6.07) is 9.20. The van der Waals surface area contributed by atoms with Gasteiger partial charge in [0.05, 0.1) is 6.04 Å². The Hall–Kier alpha value is -0.640. The Morgan fingerprint density at radius 2 is 1.84 bits per heavy atom. The molecule has 0 aliphatic heterocycles. The van der Waals surface area contributed by atoms with Crippen LogP contribution in [0.1, 0.15) is 42.0 Å². The minimum atomic E-state index is 0.396. The van der Waals surface area contributed by atoms with E-state index in [0.29, 0.717) is 6.04 Å². The Labute approximate surface area is 123 Å². The summed E-state index contributed by atoms with van der Waals surface area (Å²) in [7, 11) is 0. The summed E-state index contributed by atoms with van der Waals surface area (Å²) in [5, 5.41) is 8.17. The van der Waals surface area contributed by atoms with E-state index in [2.05, 4.69) is 47.3 Å². The van der Waals surface area contributed by atoms with Gasteiger partial charge in [-0.25, -0.2) is 0 Å². The summed E-state index contributed by atoms with van der Waals surface area (Å²) in [6.07, 6.45) is 4.22. The van der Waals surface area contributed by atoms with E-state index in [4.69, 9.17) is 0 Å². The predicted octanol–water partition coefficient (Wildman–Crippen LogP) is 4.92. The van der Waals surface area contributed by atoms with Crippen LogP contribution in [0.25, 0.3) is 0 Å². The Morgan fingerprint density at radius 1 is 1.16 bits per heavy atom. The van der Waals surface area contributed by atoms with Crippen LogP contribution >= 0.6 is 22.7 Å². The van der Waals surface area contributed by atoms with Crippen molar-refractivity contribution in [2.45, 2.75) is 32.2 Å². The molecule has 3 rings (SSSR count). The second kappa shape index (κ2) is 6.21. The summed E-state index contributed by atoms with van der Waals surface area (Å²) in [5.74, 6) is 1.75. The number of nitrogens with one attached hydrogen (secondary N) is 1. The van der Waals surface area contributed by atoms with Crippen molar-refractivity contribution in [1.82, 2.24) is 5.32 Å². The molecule has 1 N–H and O–H groups in total. The average Bonchev–Trinajstić information content (AvgIpc) is 3.13. The van der Waals surface area contributed by atoms with Gasteiger partial charge in [0.25, 0.3) is 0 Å². The van der Waals surface area contributed by atoms with E-state index >= 15 is 0 Å². The monoisotopic (exact) mass is 291 g/mol. The fourth-order valence-corrected chi connectivity index (χ4v) is 4.76. The van der Waals surface area contributed by atoms with Crippen LogP contribution in [-0.2, 0) is 0 Å². The second-order valence-corrected chi connectivity index (χ2v) is 7.50. The summed E-state index contributed by atoms with van der Waals surface area (Å²) in [4.78, 5) is 2.88. The molecule has 1 aliphatic rings. The first-order valence-electron chi connectivity index (χ1n) is 7.15. The highest BCUT2D eigenvalue weighted by Crippen LogP contribution is 2.33. The molecular weight excluding hydrogens is 270 g/mol. The molecule has 0 saturated heterocycles. The molecule has 2 aromatic rings. The molecule has 102 valence electrons. The van der Waals surface area contributed by atoms with Gasteiger partial charge < -0.3 is 5.32 Å². The minimum Gasteiger partial charge on any atom is -0.305 e. The molecular formula is C16H21NS2. The van der Waals surface area contributed by atoms with Crippen molar-refractivity contribution in [1.29, 1.82) is 0 Å². The van der Waals surface area contributed by atoms with Crippen LogP contribution in [0.4, 0.5) is 0 Å². The minimum absolute atomic E-state index is 0.396. The van der Waals surface area contributed by atoms with E-state index in [1.54, 1.807) is 0 Å².